The third-order valence-corrected chi connectivity index (χ3v) is 3.43. The number of carbonyl (C=O) groups excluding carboxylic acids is 1. The zero-order chi connectivity index (χ0) is 20.6. The SMILES string of the molecule is CCOc1ccc(/C=N/OCC(=O)Nc2cccc(C(F)(F)F)c2)cc1OC. The van der Waals surface area contributed by atoms with Crippen LogP contribution in [0.25, 0.3) is 0 Å². The Morgan fingerprint density at radius 2 is 1.96 bits per heavy atom. The predicted octanol–water partition coefficient (Wildman–Crippen LogP) is 4.10. The lowest BCUT2D eigenvalue weighted by molar-refractivity contribution is -0.137. The summed E-state index contributed by atoms with van der Waals surface area (Å²) in [5.74, 6) is 0.470. The molecule has 0 bridgehead atoms. The summed E-state index contributed by atoms with van der Waals surface area (Å²) in [4.78, 5) is 16.7. The average molecular weight is 396 g/mol. The molecule has 150 valence electrons. The highest BCUT2D eigenvalue weighted by atomic mass is 19.4. The Bertz CT molecular complexity index is 838. The topological polar surface area (TPSA) is 69.2 Å². The molecule has 0 heterocycles. The molecule has 0 spiro atoms. The van der Waals surface area contributed by atoms with Gasteiger partial charge in [0.25, 0.3) is 5.91 Å². The van der Waals surface area contributed by atoms with Gasteiger partial charge in [-0.3, -0.25) is 4.79 Å². The number of methoxy groups -OCH3 is 1. The predicted molar refractivity (Wildman–Crippen MR) is 97.8 cm³/mol. The van der Waals surface area contributed by atoms with Crippen LogP contribution in [0.1, 0.15) is 18.1 Å². The fraction of sp³-hybridized carbons (Fsp3) is 0.263. The van der Waals surface area contributed by atoms with Crippen molar-refractivity contribution in [2.45, 2.75) is 13.1 Å². The zero-order valence-corrected chi connectivity index (χ0v) is 15.2. The summed E-state index contributed by atoms with van der Waals surface area (Å²) >= 11 is 0. The van der Waals surface area contributed by atoms with E-state index in [-0.39, 0.29) is 5.69 Å². The second kappa shape index (κ2) is 9.63. The van der Waals surface area contributed by atoms with E-state index >= 15 is 0 Å². The molecule has 0 fully saturated rings. The Labute approximate surface area is 159 Å². The Morgan fingerprint density at radius 3 is 2.64 bits per heavy atom. The molecular weight excluding hydrogens is 377 g/mol. The number of hydrogen-bond acceptors (Lipinski definition) is 5. The number of hydrogen-bond donors (Lipinski definition) is 1. The minimum atomic E-state index is -4.49. The smallest absolute Gasteiger partial charge is 0.416 e. The van der Waals surface area contributed by atoms with Crippen LogP contribution in [0.3, 0.4) is 0 Å². The molecule has 2 aromatic carbocycles. The van der Waals surface area contributed by atoms with E-state index in [0.717, 1.165) is 12.1 Å². The van der Waals surface area contributed by atoms with Crippen LogP contribution in [0.2, 0.25) is 0 Å². The first-order chi connectivity index (χ1) is 13.3. The maximum atomic E-state index is 12.7. The highest BCUT2D eigenvalue weighted by Crippen LogP contribution is 2.30. The van der Waals surface area contributed by atoms with Crippen molar-refractivity contribution in [3.8, 4) is 11.5 Å². The maximum absolute atomic E-state index is 12.7. The number of halogens is 3. The van der Waals surface area contributed by atoms with Gasteiger partial charge in [-0.05, 0) is 43.3 Å². The van der Waals surface area contributed by atoms with Crippen LogP contribution in [-0.2, 0) is 15.8 Å². The van der Waals surface area contributed by atoms with E-state index in [9.17, 15) is 18.0 Å². The molecule has 28 heavy (non-hydrogen) atoms. The number of oxime groups is 1. The number of benzene rings is 2. The van der Waals surface area contributed by atoms with Gasteiger partial charge < -0.3 is 19.6 Å². The largest absolute Gasteiger partial charge is 0.493 e. The van der Waals surface area contributed by atoms with Gasteiger partial charge in [-0.1, -0.05) is 11.2 Å². The van der Waals surface area contributed by atoms with Crippen LogP contribution in [0.4, 0.5) is 18.9 Å². The fourth-order valence-corrected chi connectivity index (χ4v) is 2.20. The quantitative estimate of drug-likeness (QED) is 0.539. The lowest BCUT2D eigenvalue weighted by Gasteiger charge is -2.09. The molecular formula is C19H19F3N2O4. The third kappa shape index (κ3) is 6.19. The molecule has 0 radical (unpaired) electrons. The third-order valence-electron chi connectivity index (χ3n) is 3.43. The van der Waals surface area contributed by atoms with Crippen molar-refractivity contribution in [1.29, 1.82) is 0 Å². The van der Waals surface area contributed by atoms with Crippen molar-refractivity contribution in [1.82, 2.24) is 0 Å². The Hall–Kier alpha value is -3.23. The van der Waals surface area contributed by atoms with Crippen molar-refractivity contribution in [3.05, 3.63) is 53.6 Å². The van der Waals surface area contributed by atoms with E-state index in [2.05, 4.69) is 10.5 Å². The second-order valence-electron chi connectivity index (χ2n) is 5.48. The molecule has 0 aliphatic rings. The number of carbonyl (C=O) groups is 1. The van der Waals surface area contributed by atoms with Crippen molar-refractivity contribution in [3.63, 3.8) is 0 Å². The van der Waals surface area contributed by atoms with Crippen molar-refractivity contribution in [2.24, 2.45) is 5.16 Å². The van der Waals surface area contributed by atoms with Gasteiger partial charge in [0, 0.05) is 11.3 Å². The molecule has 2 aromatic rings. The van der Waals surface area contributed by atoms with Gasteiger partial charge in [-0.2, -0.15) is 13.2 Å². The fourth-order valence-electron chi connectivity index (χ4n) is 2.20. The van der Waals surface area contributed by atoms with Crippen LogP contribution < -0.4 is 14.8 Å². The summed E-state index contributed by atoms with van der Waals surface area (Å²) in [7, 11) is 1.51. The summed E-state index contributed by atoms with van der Waals surface area (Å²) < 4.78 is 48.6. The van der Waals surface area contributed by atoms with Gasteiger partial charge in [-0.25, -0.2) is 0 Å². The number of nitrogens with zero attached hydrogens (tertiary/aromatic N) is 1. The summed E-state index contributed by atoms with van der Waals surface area (Å²) in [5.41, 5.74) is -0.184. The molecule has 0 unspecified atom stereocenters. The first-order valence-corrected chi connectivity index (χ1v) is 8.26. The molecule has 0 saturated carbocycles. The number of amides is 1. The number of ether oxygens (including phenoxy) is 2. The van der Waals surface area contributed by atoms with E-state index in [1.54, 1.807) is 18.2 Å². The lowest BCUT2D eigenvalue weighted by atomic mass is 10.2. The highest BCUT2D eigenvalue weighted by molar-refractivity contribution is 5.91. The average Bonchev–Trinajstić information content (AvgIpc) is 2.66. The van der Waals surface area contributed by atoms with E-state index < -0.39 is 24.3 Å². The van der Waals surface area contributed by atoms with E-state index in [0.29, 0.717) is 23.7 Å². The maximum Gasteiger partial charge on any atom is 0.416 e. The molecule has 2 rings (SSSR count). The monoisotopic (exact) mass is 396 g/mol. The van der Waals surface area contributed by atoms with Gasteiger partial charge in [0.15, 0.2) is 18.1 Å². The first kappa shape index (κ1) is 21.1. The number of anilines is 1. The number of alkyl halides is 3. The molecule has 1 amide bonds. The normalized spacial score (nSPS) is 11.3. The molecule has 1 N–H and O–H groups in total. The van der Waals surface area contributed by atoms with Gasteiger partial charge in [0.05, 0.1) is 25.5 Å². The molecule has 0 atom stereocenters. The zero-order valence-electron chi connectivity index (χ0n) is 15.2. The highest BCUT2D eigenvalue weighted by Gasteiger charge is 2.30. The van der Waals surface area contributed by atoms with Gasteiger partial charge in [0.1, 0.15) is 0 Å². The Morgan fingerprint density at radius 1 is 1.18 bits per heavy atom. The molecule has 0 aromatic heterocycles. The summed E-state index contributed by atoms with van der Waals surface area (Å²) in [6, 6.07) is 9.43. The minimum Gasteiger partial charge on any atom is -0.493 e. The van der Waals surface area contributed by atoms with Crippen LogP contribution >= 0.6 is 0 Å². The summed E-state index contributed by atoms with van der Waals surface area (Å²) in [5, 5.41) is 5.99. The van der Waals surface area contributed by atoms with Crippen molar-refractivity contribution >= 4 is 17.8 Å². The van der Waals surface area contributed by atoms with Crippen molar-refractivity contribution < 1.29 is 32.3 Å². The minimum absolute atomic E-state index is 0.0173. The van der Waals surface area contributed by atoms with E-state index in [1.165, 1.54) is 25.5 Å². The molecule has 0 saturated heterocycles. The summed E-state index contributed by atoms with van der Waals surface area (Å²) in [6.45, 7) is 1.89. The van der Waals surface area contributed by atoms with Gasteiger partial charge in [-0.15, -0.1) is 0 Å². The van der Waals surface area contributed by atoms with Gasteiger partial charge >= 0.3 is 6.18 Å². The first-order valence-electron chi connectivity index (χ1n) is 8.26. The van der Waals surface area contributed by atoms with E-state index in [4.69, 9.17) is 14.3 Å². The molecule has 0 aliphatic carbocycles. The molecule has 0 aliphatic heterocycles. The molecule has 6 nitrogen and oxygen atoms in total. The standard InChI is InChI=1S/C19H19F3N2O4/c1-3-27-16-8-7-13(9-17(16)26-2)11-23-28-12-18(25)24-15-6-4-5-14(10-15)19(20,21)22/h4-11H,3,12H2,1-2H3,(H,24,25)/b23-11+. The Kier molecular flexibility index (Phi) is 7.25. The van der Waals surface area contributed by atoms with Crippen LogP contribution in [0.15, 0.2) is 47.6 Å². The second-order valence-corrected chi connectivity index (χ2v) is 5.48. The van der Waals surface area contributed by atoms with Crippen LogP contribution in [-0.4, -0.2) is 32.4 Å². The van der Waals surface area contributed by atoms with Crippen molar-refractivity contribution in [2.75, 3.05) is 25.6 Å². The number of rotatable bonds is 8. The van der Waals surface area contributed by atoms with Crippen LogP contribution in [0, 0.1) is 0 Å². The Balaban J connectivity index is 1.88. The lowest BCUT2D eigenvalue weighted by Crippen LogP contribution is -2.17. The van der Waals surface area contributed by atoms with E-state index in [1.807, 2.05) is 6.92 Å². The van der Waals surface area contributed by atoms with Gasteiger partial charge in [0.2, 0.25) is 0 Å². The summed E-state index contributed by atoms with van der Waals surface area (Å²) in [6.07, 6.45) is -3.11. The number of nitrogens with one attached hydrogen (secondary N) is 1. The molecule has 9 heteroatoms. The van der Waals surface area contributed by atoms with Crippen LogP contribution in [0.5, 0.6) is 11.5 Å².